The van der Waals surface area contributed by atoms with Gasteiger partial charge in [0.1, 0.15) is 16.5 Å². The molecule has 6 nitrogen and oxygen atoms in total. The molecule has 0 saturated heterocycles. The van der Waals surface area contributed by atoms with Gasteiger partial charge in [0.05, 0.1) is 0 Å². The van der Waals surface area contributed by atoms with Crippen molar-refractivity contribution < 1.29 is 31.1 Å². The van der Waals surface area contributed by atoms with Gasteiger partial charge in [0, 0.05) is 29.2 Å². The van der Waals surface area contributed by atoms with Crippen LogP contribution in [0, 0.1) is 17.5 Å². The Morgan fingerprint density at radius 2 is 1.81 bits per heavy atom. The second-order valence-corrected chi connectivity index (χ2v) is 6.86. The molecule has 136 valence electrons. The highest BCUT2D eigenvalue weighted by Crippen LogP contribution is 2.24. The standard InChI is InChI=1S/C16H11F3N2O4S/c17-10-6-12(19)15(7-11(10)18)26(23,24)21-16(22)8-25-14-3-1-2-13-9(14)4-5-20-13/h1-7,20H,8H2,(H,21,22). The van der Waals surface area contributed by atoms with Crippen LogP contribution in [0.1, 0.15) is 0 Å². The summed E-state index contributed by atoms with van der Waals surface area (Å²) in [6.07, 6.45) is 1.66. The molecule has 2 N–H and O–H groups in total. The number of benzene rings is 2. The second-order valence-electron chi connectivity index (χ2n) is 5.21. The van der Waals surface area contributed by atoms with E-state index in [4.69, 9.17) is 4.74 Å². The fourth-order valence-corrected chi connectivity index (χ4v) is 3.31. The van der Waals surface area contributed by atoms with Crippen LogP contribution >= 0.6 is 0 Å². The lowest BCUT2D eigenvalue weighted by Gasteiger charge is -2.10. The van der Waals surface area contributed by atoms with Crippen molar-refractivity contribution in [2.24, 2.45) is 0 Å². The van der Waals surface area contributed by atoms with Gasteiger partial charge >= 0.3 is 0 Å². The Bertz CT molecular complexity index is 1100. The van der Waals surface area contributed by atoms with Crippen LogP contribution in [0.3, 0.4) is 0 Å². The Balaban J connectivity index is 1.73. The summed E-state index contributed by atoms with van der Waals surface area (Å²) in [6, 6.07) is 6.96. The van der Waals surface area contributed by atoms with Gasteiger partial charge in [-0.3, -0.25) is 4.79 Å². The molecule has 0 bridgehead atoms. The highest BCUT2D eigenvalue weighted by atomic mass is 32.2. The zero-order chi connectivity index (χ0) is 18.9. The minimum atomic E-state index is -4.73. The molecule has 0 aliphatic carbocycles. The molecule has 3 rings (SSSR count). The van der Waals surface area contributed by atoms with Crippen molar-refractivity contribution in [2.75, 3.05) is 6.61 Å². The molecule has 0 unspecified atom stereocenters. The first-order valence-corrected chi connectivity index (χ1v) is 8.65. The largest absolute Gasteiger partial charge is 0.483 e. The zero-order valence-electron chi connectivity index (χ0n) is 12.9. The molecule has 1 amide bonds. The van der Waals surface area contributed by atoms with Crippen molar-refractivity contribution in [1.82, 2.24) is 9.71 Å². The molecular weight excluding hydrogens is 373 g/mol. The molecule has 2 aromatic carbocycles. The lowest BCUT2D eigenvalue weighted by atomic mass is 10.2. The predicted molar refractivity (Wildman–Crippen MR) is 85.4 cm³/mol. The van der Waals surface area contributed by atoms with E-state index in [0.717, 1.165) is 5.52 Å². The van der Waals surface area contributed by atoms with Crippen LogP contribution in [-0.2, 0) is 14.8 Å². The van der Waals surface area contributed by atoms with Crippen LogP contribution in [-0.4, -0.2) is 25.9 Å². The minimum absolute atomic E-state index is 0.0808. The van der Waals surface area contributed by atoms with Gasteiger partial charge in [-0.25, -0.2) is 26.3 Å². The van der Waals surface area contributed by atoms with E-state index in [9.17, 15) is 26.4 Å². The smallest absolute Gasteiger partial charge is 0.271 e. The fraction of sp³-hybridized carbons (Fsp3) is 0.0625. The zero-order valence-corrected chi connectivity index (χ0v) is 13.7. The Morgan fingerprint density at radius 1 is 1.08 bits per heavy atom. The van der Waals surface area contributed by atoms with E-state index in [1.54, 1.807) is 35.2 Å². The third-order valence-corrected chi connectivity index (χ3v) is 4.81. The van der Waals surface area contributed by atoms with Crippen molar-refractivity contribution in [2.45, 2.75) is 4.90 Å². The van der Waals surface area contributed by atoms with Crippen LogP contribution in [0.5, 0.6) is 5.75 Å². The molecule has 1 aromatic heterocycles. The van der Waals surface area contributed by atoms with E-state index in [1.165, 1.54) is 0 Å². The monoisotopic (exact) mass is 384 g/mol. The number of ether oxygens (including phenoxy) is 1. The molecule has 10 heteroatoms. The molecule has 0 aliphatic rings. The first-order chi connectivity index (χ1) is 12.3. The summed E-state index contributed by atoms with van der Waals surface area (Å²) in [5, 5.41) is 0.676. The van der Waals surface area contributed by atoms with Crippen LogP contribution in [0.4, 0.5) is 13.2 Å². The number of H-pyrrole nitrogens is 1. The maximum Gasteiger partial charge on any atom is 0.271 e. The van der Waals surface area contributed by atoms with Crippen LogP contribution in [0.2, 0.25) is 0 Å². The summed E-state index contributed by atoms with van der Waals surface area (Å²) in [6.45, 7) is -0.686. The molecular formula is C16H11F3N2O4S. The summed E-state index contributed by atoms with van der Waals surface area (Å²) < 4.78 is 70.5. The van der Waals surface area contributed by atoms with E-state index in [0.29, 0.717) is 11.1 Å². The molecule has 1 heterocycles. The Labute approximate surface area is 145 Å². The summed E-state index contributed by atoms with van der Waals surface area (Å²) in [4.78, 5) is 13.6. The Morgan fingerprint density at radius 3 is 2.58 bits per heavy atom. The van der Waals surface area contributed by atoms with Gasteiger partial charge in [0.2, 0.25) is 0 Å². The van der Waals surface area contributed by atoms with Gasteiger partial charge in [-0.15, -0.1) is 0 Å². The normalized spacial score (nSPS) is 11.5. The van der Waals surface area contributed by atoms with Gasteiger partial charge in [-0.2, -0.15) is 0 Å². The van der Waals surface area contributed by atoms with Gasteiger partial charge in [0.15, 0.2) is 18.2 Å². The van der Waals surface area contributed by atoms with Gasteiger partial charge in [-0.1, -0.05) is 6.07 Å². The van der Waals surface area contributed by atoms with Gasteiger partial charge < -0.3 is 9.72 Å². The molecule has 0 saturated carbocycles. The van der Waals surface area contributed by atoms with E-state index in [1.807, 2.05) is 0 Å². The number of halogens is 3. The predicted octanol–water partition coefficient (Wildman–Crippen LogP) is 2.47. The third-order valence-electron chi connectivity index (χ3n) is 3.43. The highest BCUT2D eigenvalue weighted by Gasteiger charge is 2.24. The highest BCUT2D eigenvalue weighted by molar-refractivity contribution is 7.90. The lowest BCUT2D eigenvalue weighted by Crippen LogP contribution is -2.35. The number of nitrogens with one attached hydrogen (secondary N) is 2. The second kappa shape index (κ2) is 6.71. The number of sulfonamides is 1. The van der Waals surface area contributed by atoms with Crippen molar-refractivity contribution in [1.29, 1.82) is 0 Å². The minimum Gasteiger partial charge on any atom is -0.483 e. The van der Waals surface area contributed by atoms with E-state index in [-0.39, 0.29) is 12.1 Å². The SMILES string of the molecule is O=C(COc1cccc2[nH]ccc12)NS(=O)(=O)c1cc(F)c(F)cc1F. The number of carbonyl (C=O) groups excluding carboxylic acids is 1. The number of aromatic amines is 1. The number of rotatable bonds is 5. The van der Waals surface area contributed by atoms with Crippen molar-refractivity contribution in [3.05, 3.63) is 60.0 Å². The topological polar surface area (TPSA) is 88.3 Å². The van der Waals surface area contributed by atoms with Crippen LogP contribution in [0.15, 0.2) is 47.5 Å². The molecule has 0 radical (unpaired) electrons. The molecule has 0 aliphatic heterocycles. The Kier molecular flexibility index (Phi) is 4.60. The first kappa shape index (κ1) is 17.8. The summed E-state index contributed by atoms with van der Waals surface area (Å²) in [5.74, 6) is -5.41. The maximum absolute atomic E-state index is 13.6. The van der Waals surface area contributed by atoms with E-state index in [2.05, 4.69) is 4.98 Å². The van der Waals surface area contributed by atoms with Gasteiger partial charge in [0.25, 0.3) is 15.9 Å². The molecule has 26 heavy (non-hydrogen) atoms. The average molecular weight is 384 g/mol. The summed E-state index contributed by atoms with van der Waals surface area (Å²) in [5.41, 5.74) is 0.749. The van der Waals surface area contributed by atoms with Crippen molar-refractivity contribution in [3.63, 3.8) is 0 Å². The first-order valence-electron chi connectivity index (χ1n) is 7.17. The van der Waals surface area contributed by atoms with Gasteiger partial charge in [-0.05, 0) is 18.2 Å². The Hall–Kier alpha value is -3.01. The number of carbonyl (C=O) groups is 1. The molecule has 3 aromatic rings. The summed E-state index contributed by atoms with van der Waals surface area (Å²) in [7, 11) is -4.73. The number of hydrogen-bond donors (Lipinski definition) is 2. The number of aromatic nitrogens is 1. The molecule has 0 atom stereocenters. The molecule has 0 spiro atoms. The van der Waals surface area contributed by atoms with Crippen molar-refractivity contribution >= 4 is 26.8 Å². The number of fused-ring (bicyclic) bond motifs is 1. The number of hydrogen-bond acceptors (Lipinski definition) is 4. The molecule has 0 fully saturated rings. The summed E-state index contributed by atoms with van der Waals surface area (Å²) >= 11 is 0. The fourth-order valence-electron chi connectivity index (χ4n) is 2.27. The average Bonchev–Trinajstić information content (AvgIpc) is 3.05. The maximum atomic E-state index is 13.6. The van der Waals surface area contributed by atoms with Crippen LogP contribution < -0.4 is 9.46 Å². The third kappa shape index (κ3) is 3.49. The van der Waals surface area contributed by atoms with E-state index < -0.39 is 44.9 Å². The van der Waals surface area contributed by atoms with Crippen LogP contribution in [0.25, 0.3) is 10.9 Å². The van der Waals surface area contributed by atoms with Crippen molar-refractivity contribution in [3.8, 4) is 5.75 Å². The quantitative estimate of drug-likeness (QED) is 0.662. The number of amides is 1. The lowest BCUT2D eigenvalue weighted by molar-refractivity contribution is -0.121. The van der Waals surface area contributed by atoms with E-state index >= 15 is 0 Å².